The van der Waals surface area contributed by atoms with E-state index in [1.54, 1.807) is 11.3 Å². The molecule has 6 heteroatoms. The molecule has 0 saturated heterocycles. The third-order valence-corrected chi connectivity index (χ3v) is 3.84. The summed E-state index contributed by atoms with van der Waals surface area (Å²) in [4.78, 5) is 8.85. The molecule has 98 valence electrons. The van der Waals surface area contributed by atoms with Crippen molar-refractivity contribution in [3.8, 4) is 11.3 Å². The quantitative estimate of drug-likeness (QED) is 0.850. The fourth-order valence-electron chi connectivity index (χ4n) is 1.85. The first kappa shape index (κ1) is 12.4. The minimum atomic E-state index is 0.734. The molecule has 0 amide bonds. The Morgan fingerprint density at radius 3 is 2.74 bits per heavy atom. The number of hydrazine groups is 1. The maximum Gasteiger partial charge on any atom is 0.202 e. The summed E-state index contributed by atoms with van der Waals surface area (Å²) in [5.41, 5.74) is 8.19. The van der Waals surface area contributed by atoms with E-state index in [1.807, 2.05) is 29.6 Å². The summed E-state index contributed by atoms with van der Waals surface area (Å²) in [6.45, 7) is 0.915. The average Bonchev–Trinajstić information content (AvgIpc) is 3.09. The van der Waals surface area contributed by atoms with Crippen molar-refractivity contribution < 1.29 is 0 Å². The van der Waals surface area contributed by atoms with Crippen LogP contribution in [-0.2, 0) is 0 Å². The topological polar surface area (TPSA) is 49.3 Å². The Bertz CT molecular complexity index is 591. The third-order valence-electron chi connectivity index (χ3n) is 2.83. The summed E-state index contributed by atoms with van der Waals surface area (Å²) in [6.07, 6.45) is 2.13. The Labute approximate surface area is 120 Å². The average molecular weight is 293 g/mol. The van der Waals surface area contributed by atoms with Crippen molar-refractivity contribution in [3.63, 3.8) is 0 Å². The molecular formula is C13H13ClN4S. The molecule has 0 radical (unpaired) electrons. The fraction of sp³-hybridized carbons (Fsp3) is 0.231. The molecule has 3 rings (SSSR count). The first-order chi connectivity index (χ1) is 9.31. The Hall–Kier alpha value is -1.59. The van der Waals surface area contributed by atoms with Gasteiger partial charge in [-0.15, -0.1) is 11.3 Å². The molecular weight excluding hydrogens is 280 g/mol. The van der Waals surface area contributed by atoms with E-state index in [0.29, 0.717) is 0 Å². The molecule has 1 aliphatic heterocycles. The minimum absolute atomic E-state index is 0.734. The Balaban J connectivity index is 1.67. The van der Waals surface area contributed by atoms with Crippen LogP contribution in [0.2, 0.25) is 5.02 Å². The van der Waals surface area contributed by atoms with Crippen molar-refractivity contribution in [3.05, 3.63) is 34.7 Å². The van der Waals surface area contributed by atoms with Crippen LogP contribution in [0.4, 0.5) is 5.13 Å². The summed E-state index contributed by atoms with van der Waals surface area (Å²) < 4.78 is 0. The Morgan fingerprint density at radius 1 is 1.16 bits per heavy atom. The van der Waals surface area contributed by atoms with Crippen LogP contribution in [0, 0.1) is 0 Å². The number of amidine groups is 1. The van der Waals surface area contributed by atoms with E-state index in [-0.39, 0.29) is 0 Å². The monoisotopic (exact) mass is 292 g/mol. The summed E-state index contributed by atoms with van der Waals surface area (Å²) in [6, 6.07) is 7.68. The molecule has 2 aromatic rings. The van der Waals surface area contributed by atoms with E-state index in [4.69, 9.17) is 11.6 Å². The van der Waals surface area contributed by atoms with Gasteiger partial charge in [0.05, 0.1) is 5.69 Å². The lowest BCUT2D eigenvalue weighted by molar-refractivity contribution is 0.944. The molecule has 1 aliphatic rings. The summed E-state index contributed by atoms with van der Waals surface area (Å²) >= 11 is 7.43. The number of thiazole rings is 1. The van der Waals surface area contributed by atoms with Crippen molar-refractivity contribution >= 4 is 33.9 Å². The highest BCUT2D eigenvalue weighted by molar-refractivity contribution is 7.14. The second-order valence-electron chi connectivity index (χ2n) is 4.23. The molecule has 0 fully saturated rings. The number of nitrogens with one attached hydrogen (secondary N) is 2. The third kappa shape index (κ3) is 3.05. The van der Waals surface area contributed by atoms with E-state index >= 15 is 0 Å². The minimum Gasteiger partial charge on any atom is -0.286 e. The summed E-state index contributed by atoms with van der Waals surface area (Å²) in [5.74, 6) is 1.00. The van der Waals surface area contributed by atoms with Gasteiger partial charge in [-0.2, -0.15) is 0 Å². The van der Waals surface area contributed by atoms with Crippen LogP contribution in [0.3, 0.4) is 0 Å². The number of hydrogen-bond donors (Lipinski definition) is 2. The van der Waals surface area contributed by atoms with Crippen LogP contribution in [0.5, 0.6) is 0 Å². The number of nitrogens with zero attached hydrogens (tertiary/aromatic N) is 2. The zero-order valence-electron chi connectivity index (χ0n) is 10.2. The number of benzene rings is 1. The van der Waals surface area contributed by atoms with Crippen LogP contribution in [0.15, 0.2) is 34.6 Å². The number of anilines is 1. The molecule has 0 unspecified atom stereocenters. The van der Waals surface area contributed by atoms with Gasteiger partial charge in [-0.25, -0.2) is 4.98 Å². The fourth-order valence-corrected chi connectivity index (χ4v) is 2.65. The van der Waals surface area contributed by atoms with Gasteiger partial charge in [0.15, 0.2) is 0 Å². The van der Waals surface area contributed by atoms with E-state index < -0.39 is 0 Å². The SMILES string of the molecule is Clc1ccc(-c2csc(NNC3=NCCC3)n2)cc1. The largest absolute Gasteiger partial charge is 0.286 e. The van der Waals surface area contributed by atoms with E-state index in [2.05, 4.69) is 20.8 Å². The molecule has 1 aromatic carbocycles. The second-order valence-corrected chi connectivity index (χ2v) is 5.52. The van der Waals surface area contributed by atoms with Gasteiger partial charge in [-0.3, -0.25) is 15.8 Å². The van der Waals surface area contributed by atoms with Gasteiger partial charge in [0.1, 0.15) is 5.84 Å². The molecule has 0 spiro atoms. The molecule has 4 nitrogen and oxygen atoms in total. The predicted molar refractivity (Wildman–Crippen MR) is 80.9 cm³/mol. The van der Waals surface area contributed by atoms with Crippen molar-refractivity contribution in [1.29, 1.82) is 0 Å². The molecule has 0 saturated carbocycles. The maximum atomic E-state index is 5.87. The molecule has 0 atom stereocenters. The lowest BCUT2D eigenvalue weighted by atomic mass is 10.2. The van der Waals surface area contributed by atoms with Crippen molar-refractivity contribution in [2.45, 2.75) is 12.8 Å². The van der Waals surface area contributed by atoms with Gasteiger partial charge in [0.25, 0.3) is 0 Å². The molecule has 1 aromatic heterocycles. The zero-order valence-corrected chi connectivity index (χ0v) is 11.8. The van der Waals surface area contributed by atoms with Gasteiger partial charge in [0.2, 0.25) is 5.13 Å². The first-order valence-corrected chi connectivity index (χ1v) is 7.34. The highest BCUT2D eigenvalue weighted by Gasteiger charge is 2.07. The molecule has 0 bridgehead atoms. The predicted octanol–water partition coefficient (Wildman–Crippen LogP) is 3.57. The van der Waals surface area contributed by atoms with Crippen molar-refractivity contribution in [1.82, 2.24) is 10.4 Å². The molecule has 19 heavy (non-hydrogen) atoms. The molecule has 2 N–H and O–H groups in total. The summed E-state index contributed by atoms with van der Waals surface area (Å²) in [7, 11) is 0. The van der Waals surface area contributed by atoms with Crippen molar-refractivity contribution in [2.75, 3.05) is 12.0 Å². The smallest absolute Gasteiger partial charge is 0.202 e. The highest BCUT2D eigenvalue weighted by atomic mass is 35.5. The van der Waals surface area contributed by atoms with E-state index in [0.717, 1.165) is 46.6 Å². The lowest BCUT2D eigenvalue weighted by Crippen LogP contribution is -2.27. The first-order valence-electron chi connectivity index (χ1n) is 6.08. The molecule has 2 heterocycles. The maximum absolute atomic E-state index is 5.87. The Kier molecular flexibility index (Phi) is 3.66. The van der Waals surface area contributed by atoms with Gasteiger partial charge < -0.3 is 0 Å². The van der Waals surface area contributed by atoms with Crippen LogP contribution in [0.1, 0.15) is 12.8 Å². The highest BCUT2D eigenvalue weighted by Crippen LogP contribution is 2.25. The van der Waals surface area contributed by atoms with Gasteiger partial charge >= 0.3 is 0 Å². The van der Waals surface area contributed by atoms with Gasteiger partial charge in [-0.05, 0) is 18.6 Å². The Morgan fingerprint density at radius 2 is 2.00 bits per heavy atom. The number of aromatic nitrogens is 1. The van der Waals surface area contributed by atoms with Gasteiger partial charge in [0, 0.05) is 28.9 Å². The van der Waals surface area contributed by atoms with E-state index in [1.165, 1.54) is 0 Å². The normalized spacial score (nSPS) is 14.3. The van der Waals surface area contributed by atoms with Gasteiger partial charge in [-0.1, -0.05) is 23.7 Å². The van der Waals surface area contributed by atoms with Crippen LogP contribution in [0.25, 0.3) is 11.3 Å². The van der Waals surface area contributed by atoms with Crippen LogP contribution in [-0.4, -0.2) is 17.4 Å². The standard InChI is InChI=1S/C13H13ClN4S/c14-10-5-3-9(4-6-10)11-8-19-13(16-11)18-17-12-2-1-7-15-12/h3-6,8H,1-2,7H2,(H,15,17)(H,16,18). The number of hydrogen-bond acceptors (Lipinski definition) is 5. The number of halogens is 1. The number of rotatable bonds is 3. The van der Waals surface area contributed by atoms with Crippen LogP contribution >= 0.6 is 22.9 Å². The zero-order chi connectivity index (χ0) is 13.1. The van der Waals surface area contributed by atoms with E-state index in [9.17, 15) is 0 Å². The summed E-state index contributed by atoms with van der Waals surface area (Å²) in [5, 5.41) is 3.58. The lowest BCUT2D eigenvalue weighted by Gasteiger charge is -2.05. The number of aliphatic imine (C=N–C) groups is 1. The van der Waals surface area contributed by atoms with Crippen LogP contribution < -0.4 is 10.9 Å². The second kappa shape index (κ2) is 5.59. The molecule has 0 aliphatic carbocycles. The van der Waals surface area contributed by atoms with Crippen molar-refractivity contribution in [2.24, 2.45) is 4.99 Å².